The van der Waals surface area contributed by atoms with Crippen LogP contribution in [-0.4, -0.2) is 24.3 Å². The summed E-state index contributed by atoms with van der Waals surface area (Å²) >= 11 is 3.53. The van der Waals surface area contributed by atoms with Crippen LogP contribution in [0.4, 0.5) is 5.69 Å². The van der Waals surface area contributed by atoms with Gasteiger partial charge in [-0.25, -0.2) is 0 Å². The van der Waals surface area contributed by atoms with Gasteiger partial charge >= 0.3 is 0 Å². The maximum atomic E-state index is 11.4. The average Bonchev–Trinajstić information content (AvgIpc) is 2.39. The molecule has 1 heterocycles. The molecule has 0 radical (unpaired) electrons. The SMILES string of the molecule is CC(=O)c1ccc(N2CC(C(N)=O)CCC2C)c(Br)c1. The molecule has 2 atom stereocenters. The van der Waals surface area contributed by atoms with Gasteiger partial charge in [0.1, 0.15) is 0 Å². The van der Waals surface area contributed by atoms with Gasteiger partial charge in [-0.3, -0.25) is 9.59 Å². The highest BCUT2D eigenvalue weighted by atomic mass is 79.9. The largest absolute Gasteiger partial charge is 0.369 e. The van der Waals surface area contributed by atoms with Gasteiger partial charge in [-0.15, -0.1) is 0 Å². The number of hydrogen-bond acceptors (Lipinski definition) is 3. The molecule has 2 unspecified atom stereocenters. The third-order valence-electron chi connectivity index (χ3n) is 3.95. The van der Waals surface area contributed by atoms with Crippen LogP contribution in [0.2, 0.25) is 0 Å². The molecule has 0 aliphatic carbocycles. The van der Waals surface area contributed by atoms with Crippen molar-refractivity contribution < 1.29 is 9.59 Å². The van der Waals surface area contributed by atoms with E-state index in [1.165, 1.54) is 0 Å². The maximum Gasteiger partial charge on any atom is 0.222 e. The quantitative estimate of drug-likeness (QED) is 0.862. The van der Waals surface area contributed by atoms with Gasteiger partial charge in [-0.05, 0) is 60.8 Å². The Morgan fingerprint density at radius 2 is 2.05 bits per heavy atom. The summed E-state index contributed by atoms with van der Waals surface area (Å²) in [5.74, 6) is -0.303. The summed E-state index contributed by atoms with van der Waals surface area (Å²) in [6.45, 7) is 4.32. The number of Topliss-reactive ketones (excluding diaryl/α,β-unsaturated/α-hetero) is 1. The minimum atomic E-state index is -0.238. The van der Waals surface area contributed by atoms with Crippen molar-refractivity contribution in [3.63, 3.8) is 0 Å². The number of carbonyl (C=O) groups is 2. The first-order valence-electron chi connectivity index (χ1n) is 6.76. The zero-order valence-electron chi connectivity index (χ0n) is 11.7. The highest BCUT2D eigenvalue weighted by molar-refractivity contribution is 9.10. The molecule has 0 aromatic heterocycles. The predicted octanol–water partition coefficient (Wildman–Crippen LogP) is 2.74. The van der Waals surface area contributed by atoms with Gasteiger partial charge in [0.25, 0.3) is 0 Å². The Morgan fingerprint density at radius 1 is 1.35 bits per heavy atom. The molecule has 0 bridgehead atoms. The highest BCUT2D eigenvalue weighted by Gasteiger charge is 2.29. The molecular weight excluding hydrogens is 320 g/mol. The van der Waals surface area contributed by atoms with Gasteiger partial charge in [0.05, 0.1) is 11.6 Å². The van der Waals surface area contributed by atoms with E-state index >= 15 is 0 Å². The molecule has 0 spiro atoms. The number of primary amides is 1. The summed E-state index contributed by atoms with van der Waals surface area (Å²) in [5, 5.41) is 0. The standard InChI is InChI=1S/C15H19BrN2O2/c1-9-3-4-12(15(17)20)8-18(9)14-6-5-11(10(2)19)7-13(14)16/h5-7,9,12H,3-4,8H2,1-2H3,(H2,17,20). The van der Waals surface area contributed by atoms with Gasteiger partial charge in [0.2, 0.25) is 5.91 Å². The van der Waals surface area contributed by atoms with E-state index in [0.717, 1.165) is 23.0 Å². The Kier molecular flexibility index (Phi) is 4.48. The van der Waals surface area contributed by atoms with Crippen LogP contribution in [0.25, 0.3) is 0 Å². The fraction of sp³-hybridized carbons (Fsp3) is 0.467. The lowest BCUT2D eigenvalue weighted by Crippen LogP contribution is -2.46. The second-order valence-electron chi connectivity index (χ2n) is 5.40. The van der Waals surface area contributed by atoms with Crippen molar-refractivity contribution in [3.05, 3.63) is 28.2 Å². The Morgan fingerprint density at radius 3 is 2.60 bits per heavy atom. The first-order chi connectivity index (χ1) is 9.40. The van der Waals surface area contributed by atoms with E-state index in [2.05, 4.69) is 27.8 Å². The van der Waals surface area contributed by atoms with Gasteiger partial charge in [0, 0.05) is 22.6 Å². The maximum absolute atomic E-state index is 11.4. The smallest absolute Gasteiger partial charge is 0.222 e. The van der Waals surface area contributed by atoms with Crippen molar-refractivity contribution in [1.82, 2.24) is 0 Å². The summed E-state index contributed by atoms with van der Waals surface area (Å²) in [5.41, 5.74) is 7.12. The van der Waals surface area contributed by atoms with E-state index < -0.39 is 0 Å². The molecule has 2 rings (SSSR count). The van der Waals surface area contributed by atoms with Gasteiger partial charge in [0.15, 0.2) is 5.78 Å². The van der Waals surface area contributed by atoms with Crippen LogP contribution < -0.4 is 10.6 Å². The fourth-order valence-corrected chi connectivity index (χ4v) is 3.24. The molecule has 108 valence electrons. The van der Waals surface area contributed by atoms with Crippen LogP contribution in [0, 0.1) is 5.92 Å². The highest BCUT2D eigenvalue weighted by Crippen LogP contribution is 2.33. The molecule has 1 aromatic carbocycles. The molecule has 20 heavy (non-hydrogen) atoms. The first kappa shape index (κ1) is 15.0. The molecular formula is C15H19BrN2O2. The zero-order chi connectivity index (χ0) is 14.9. The van der Waals surface area contributed by atoms with E-state index in [0.29, 0.717) is 18.2 Å². The van der Waals surface area contributed by atoms with Gasteiger partial charge in [-0.1, -0.05) is 0 Å². The Balaban J connectivity index is 2.29. The minimum Gasteiger partial charge on any atom is -0.369 e. The lowest BCUT2D eigenvalue weighted by Gasteiger charge is -2.39. The number of nitrogens with two attached hydrogens (primary N) is 1. The zero-order valence-corrected chi connectivity index (χ0v) is 13.3. The number of carbonyl (C=O) groups excluding carboxylic acids is 2. The van der Waals surface area contributed by atoms with Crippen LogP contribution >= 0.6 is 15.9 Å². The minimum absolute atomic E-state index is 0.0407. The van der Waals surface area contributed by atoms with Crippen molar-refractivity contribution >= 4 is 33.3 Å². The monoisotopic (exact) mass is 338 g/mol. The number of ketones is 1. The molecule has 0 saturated carbocycles. The molecule has 5 heteroatoms. The van der Waals surface area contributed by atoms with Crippen LogP contribution in [0.3, 0.4) is 0 Å². The number of piperidine rings is 1. The number of benzene rings is 1. The van der Waals surface area contributed by atoms with Crippen molar-refractivity contribution in [3.8, 4) is 0 Å². The lowest BCUT2D eigenvalue weighted by atomic mass is 9.92. The third-order valence-corrected chi connectivity index (χ3v) is 4.58. The topological polar surface area (TPSA) is 63.4 Å². The van der Waals surface area contributed by atoms with Crippen molar-refractivity contribution in [2.75, 3.05) is 11.4 Å². The number of hydrogen-bond donors (Lipinski definition) is 1. The van der Waals surface area contributed by atoms with E-state index in [1.807, 2.05) is 18.2 Å². The average molecular weight is 339 g/mol. The Hall–Kier alpha value is -1.36. The summed E-state index contributed by atoms with van der Waals surface area (Å²) < 4.78 is 0.877. The second-order valence-corrected chi connectivity index (χ2v) is 6.25. The van der Waals surface area contributed by atoms with Crippen molar-refractivity contribution in [2.45, 2.75) is 32.7 Å². The molecule has 1 saturated heterocycles. The fourth-order valence-electron chi connectivity index (χ4n) is 2.63. The number of halogens is 1. The van der Waals surface area contributed by atoms with Crippen LogP contribution in [0.1, 0.15) is 37.0 Å². The van der Waals surface area contributed by atoms with Crippen LogP contribution in [0.15, 0.2) is 22.7 Å². The summed E-state index contributed by atoms with van der Waals surface area (Å²) in [7, 11) is 0. The molecule has 1 amide bonds. The second kappa shape index (κ2) is 5.95. The molecule has 1 aliphatic rings. The van der Waals surface area contributed by atoms with Crippen LogP contribution in [0.5, 0.6) is 0 Å². The number of rotatable bonds is 3. The molecule has 1 fully saturated rings. The van der Waals surface area contributed by atoms with Crippen LogP contribution in [-0.2, 0) is 4.79 Å². The van der Waals surface area contributed by atoms with E-state index in [-0.39, 0.29) is 17.6 Å². The van der Waals surface area contributed by atoms with Gasteiger partial charge < -0.3 is 10.6 Å². The van der Waals surface area contributed by atoms with Crippen molar-refractivity contribution in [1.29, 1.82) is 0 Å². The van der Waals surface area contributed by atoms with E-state index in [4.69, 9.17) is 5.73 Å². The predicted molar refractivity (Wildman–Crippen MR) is 82.9 cm³/mol. The molecule has 1 aromatic rings. The number of anilines is 1. The van der Waals surface area contributed by atoms with E-state index in [1.54, 1.807) is 6.92 Å². The lowest BCUT2D eigenvalue weighted by molar-refractivity contribution is -0.122. The molecule has 2 N–H and O–H groups in total. The van der Waals surface area contributed by atoms with Gasteiger partial charge in [-0.2, -0.15) is 0 Å². The first-order valence-corrected chi connectivity index (χ1v) is 7.56. The third kappa shape index (κ3) is 3.03. The Bertz CT molecular complexity index is 545. The number of nitrogens with zero attached hydrogens (tertiary/aromatic N) is 1. The van der Waals surface area contributed by atoms with E-state index in [9.17, 15) is 9.59 Å². The number of amides is 1. The van der Waals surface area contributed by atoms with Crippen molar-refractivity contribution in [2.24, 2.45) is 11.7 Å². The summed E-state index contributed by atoms with van der Waals surface area (Å²) in [6.07, 6.45) is 1.78. The summed E-state index contributed by atoms with van der Waals surface area (Å²) in [6, 6.07) is 5.94. The normalized spacial score (nSPS) is 22.6. The molecule has 4 nitrogen and oxygen atoms in total. The summed E-state index contributed by atoms with van der Waals surface area (Å²) in [4.78, 5) is 25.0. The molecule has 1 aliphatic heterocycles. The Labute approximate surface area is 127 Å².